The Morgan fingerprint density at radius 1 is 1.24 bits per heavy atom. The van der Waals surface area contributed by atoms with Gasteiger partial charge in [-0.1, -0.05) is 12.1 Å². The van der Waals surface area contributed by atoms with Gasteiger partial charge in [-0.3, -0.25) is 4.79 Å². The van der Waals surface area contributed by atoms with Crippen LogP contribution in [0.2, 0.25) is 0 Å². The van der Waals surface area contributed by atoms with E-state index in [0.717, 1.165) is 12.1 Å². The molecule has 0 bridgehead atoms. The zero-order valence-electron chi connectivity index (χ0n) is 13.1. The summed E-state index contributed by atoms with van der Waals surface area (Å²) in [7, 11) is 0. The molecule has 0 spiro atoms. The molecule has 0 aliphatic carbocycles. The van der Waals surface area contributed by atoms with Crippen LogP contribution in [-0.2, 0) is 20.5 Å². The largest absolute Gasteiger partial charge is 0.480 e. The fourth-order valence-electron chi connectivity index (χ4n) is 2.63. The molecule has 0 radical (unpaired) electrons. The van der Waals surface area contributed by atoms with Crippen molar-refractivity contribution in [3.05, 3.63) is 35.4 Å². The third-order valence-electron chi connectivity index (χ3n) is 3.99. The average Bonchev–Trinajstić information content (AvgIpc) is 2.58. The smallest absolute Gasteiger partial charge is 0.416 e. The second-order valence-corrected chi connectivity index (χ2v) is 5.78. The Morgan fingerprint density at radius 2 is 1.88 bits per heavy atom. The number of carbonyl (C=O) groups excluding carboxylic acids is 1. The molecular weight excluding hydrogens is 346 g/mol. The van der Waals surface area contributed by atoms with E-state index in [0.29, 0.717) is 31.6 Å². The predicted molar refractivity (Wildman–Crippen MR) is 78.4 cm³/mol. The van der Waals surface area contributed by atoms with Crippen molar-refractivity contribution in [2.24, 2.45) is 5.92 Å². The highest BCUT2D eigenvalue weighted by atomic mass is 19.4. The molecule has 1 aromatic carbocycles. The monoisotopic (exact) mass is 363 g/mol. The maximum Gasteiger partial charge on any atom is 0.416 e. The molecule has 2 N–H and O–H groups in total. The molecule has 138 valence electrons. The standard InChI is InChI=1S/C16H17F4NO4/c17-12(9-3-5-11(6-4-9)16(18,19)20)14(22)21-13(15(23)24)10-2-1-7-25-8-10/h3-6,10,12-13H,1-2,7-8H2,(H,21,22)(H,23,24). The van der Waals surface area contributed by atoms with Crippen molar-refractivity contribution in [2.75, 3.05) is 13.2 Å². The number of rotatable bonds is 5. The fraction of sp³-hybridized carbons (Fsp3) is 0.500. The normalized spacial score (nSPS) is 20.6. The van der Waals surface area contributed by atoms with E-state index < -0.39 is 41.7 Å². The third kappa shape index (κ3) is 4.91. The molecular formula is C16H17F4NO4. The highest BCUT2D eigenvalue weighted by molar-refractivity contribution is 5.87. The number of carboxylic acids is 1. The van der Waals surface area contributed by atoms with Crippen molar-refractivity contribution in [1.82, 2.24) is 5.32 Å². The van der Waals surface area contributed by atoms with Crippen LogP contribution in [0.3, 0.4) is 0 Å². The van der Waals surface area contributed by atoms with E-state index in [9.17, 15) is 32.3 Å². The summed E-state index contributed by atoms with van der Waals surface area (Å²) in [4.78, 5) is 23.3. The zero-order valence-corrected chi connectivity index (χ0v) is 13.1. The lowest BCUT2D eigenvalue weighted by Crippen LogP contribution is -2.49. The summed E-state index contributed by atoms with van der Waals surface area (Å²) in [5.41, 5.74) is -1.25. The quantitative estimate of drug-likeness (QED) is 0.789. The molecule has 1 aliphatic rings. The molecule has 1 saturated heterocycles. The van der Waals surface area contributed by atoms with Gasteiger partial charge in [0.05, 0.1) is 12.2 Å². The SMILES string of the molecule is O=C(NC(C(=O)O)C1CCCOC1)C(F)c1ccc(C(F)(F)F)cc1. The van der Waals surface area contributed by atoms with Gasteiger partial charge in [0.1, 0.15) is 6.04 Å². The van der Waals surface area contributed by atoms with Crippen LogP contribution in [0.4, 0.5) is 17.6 Å². The lowest BCUT2D eigenvalue weighted by molar-refractivity contribution is -0.146. The van der Waals surface area contributed by atoms with E-state index in [1.165, 1.54) is 0 Å². The van der Waals surface area contributed by atoms with E-state index in [-0.39, 0.29) is 12.2 Å². The zero-order chi connectivity index (χ0) is 18.6. The number of hydrogen-bond acceptors (Lipinski definition) is 3. The maximum absolute atomic E-state index is 14.2. The number of halogens is 4. The molecule has 1 aromatic rings. The second-order valence-electron chi connectivity index (χ2n) is 5.78. The first-order chi connectivity index (χ1) is 11.7. The number of ether oxygens (including phenoxy) is 1. The van der Waals surface area contributed by atoms with Crippen LogP contribution >= 0.6 is 0 Å². The van der Waals surface area contributed by atoms with Gasteiger partial charge in [-0.2, -0.15) is 13.2 Å². The summed E-state index contributed by atoms with van der Waals surface area (Å²) in [6.45, 7) is 0.628. The molecule has 0 saturated carbocycles. The highest BCUT2D eigenvalue weighted by Gasteiger charge is 2.34. The van der Waals surface area contributed by atoms with Gasteiger partial charge in [-0.15, -0.1) is 0 Å². The van der Waals surface area contributed by atoms with Gasteiger partial charge in [-0.05, 0) is 30.5 Å². The minimum atomic E-state index is -4.57. The van der Waals surface area contributed by atoms with Crippen molar-refractivity contribution in [3.8, 4) is 0 Å². The van der Waals surface area contributed by atoms with Crippen LogP contribution in [0, 0.1) is 5.92 Å². The summed E-state index contributed by atoms with van der Waals surface area (Å²) in [5.74, 6) is -3.02. The van der Waals surface area contributed by atoms with Gasteiger partial charge in [0, 0.05) is 12.5 Å². The van der Waals surface area contributed by atoms with Gasteiger partial charge < -0.3 is 15.2 Å². The Hall–Kier alpha value is -2.16. The van der Waals surface area contributed by atoms with Gasteiger partial charge in [0.2, 0.25) is 6.17 Å². The number of alkyl halides is 4. The molecule has 3 atom stereocenters. The van der Waals surface area contributed by atoms with Gasteiger partial charge >= 0.3 is 12.1 Å². The molecule has 2 rings (SSSR count). The molecule has 1 fully saturated rings. The van der Waals surface area contributed by atoms with E-state index >= 15 is 0 Å². The Bertz CT molecular complexity index is 612. The van der Waals surface area contributed by atoms with Crippen LogP contribution in [-0.4, -0.2) is 36.2 Å². The Kier molecular flexibility index (Phi) is 5.99. The van der Waals surface area contributed by atoms with E-state index in [1.54, 1.807) is 0 Å². The lowest BCUT2D eigenvalue weighted by atomic mass is 9.93. The van der Waals surface area contributed by atoms with Gasteiger partial charge in [-0.25, -0.2) is 9.18 Å². The average molecular weight is 363 g/mol. The van der Waals surface area contributed by atoms with Gasteiger partial charge in [0.15, 0.2) is 0 Å². The molecule has 1 heterocycles. The van der Waals surface area contributed by atoms with Crippen LogP contribution in [0.15, 0.2) is 24.3 Å². The minimum Gasteiger partial charge on any atom is -0.480 e. The lowest BCUT2D eigenvalue weighted by Gasteiger charge is -2.28. The predicted octanol–water partition coefficient (Wildman–Crippen LogP) is 2.71. The van der Waals surface area contributed by atoms with E-state index in [4.69, 9.17) is 4.74 Å². The number of amides is 1. The number of carbonyl (C=O) groups is 2. The Morgan fingerprint density at radius 3 is 2.36 bits per heavy atom. The maximum atomic E-state index is 14.2. The summed E-state index contributed by atoms with van der Waals surface area (Å²) in [6, 6.07) is 1.72. The van der Waals surface area contributed by atoms with Crippen molar-refractivity contribution in [3.63, 3.8) is 0 Å². The first kappa shape index (κ1) is 19.2. The van der Waals surface area contributed by atoms with Crippen LogP contribution < -0.4 is 5.32 Å². The van der Waals surface area contributed by atoms with Gasteiger partial charge in [0.25, 0.3) is 5.91 Å². The Labute approximate surface area is 141 Å². The van der Waals surface area contributed by atoms with E-state index in [1.807, 2.05) is 0 Å². The summed E-state index contributed by atoms with van der Waals surface area (Å²) < 4.78 is 56.9. The van der Waals surface area contributed by atoms with Crippen molar-refractivity contribution < 1.29 is 37.0 Å². The summed E-state index contributed by atoms with van der Waals surface area (Å²) in [6.07, 6.45) is -5.70. The fourth-order valence-corrected chi connectivity index (χ4v) is 2.63. The molecule has 5 nitrogen and oxygen atoms in total. The first-order valence-electron chi connectivity index (χ1n) is 7.62. The highest BCUT2D eigenvalue weighted by Crippen LogP contribution is 2.30. The molecule has 0 aromatic heterocycles. The topological polar surface area (TPSA) is 75.6 Å². The molecule has 3 unspecified atom stereocenters. The number of carboxylic acid groups (broad SMARTS) is 1. The number of nitrogens with one attached hydrogen (secondary N) is 1. The molecule has 1 amide bonds. The summed E-state index contributed by atoms with van der Waals surface area (Å²) in [5, 5.41) is 11.3. The summed E-state index contributed by atoms with van der Waals surface area (Å²) >= 11 is 0. The van der Waals surface area contributed by atoms with Crippen molar-refractivity contribution in [2.45, 2.75) is 31.2 Å². The van der Waals surface area contributed by atoms with Crippen LogP contribution in [0.25, 0.3) is 0 Å². The van der Waals surface area contributed by atoms with Crippen molar-refractivity contribution in [1.29, 1.82) is 0 Å². The Balaban J connectivity index is 2.06. The number of aliphatic carboxylic acids is 1. The second kappa shape index (κ2) is 7.81. The van der Waals surface area contributed by atoms with E-state index in [2.05, 4.69) is 5.32 Å². The minimum absolute atomic E-state index is 0.133. The molecule has 25 heavy (non-hydrogen) atoms. The number of benzene rings is 1. The van der Waals surface area contributed by atoms with Crippen LogP contribution in [0.5, 0.6) is 0 Å². The molecule has 9 heteroatoms. The van der Waals surface area contributed by atoms with Crippen LogP contribution in [0.1, 0.15) is 30.1 Å². The third-order valence-corrected chi connectivity index (χ3v) is 3.99. The number of hydrogen-bond donors (Lipinski definition) is 2. The van der Waals surface area contributed by atoms with Crippen molar-refractivity contribution >= 4 is 11.9 Å². The first-order valence-corrected chi connectivity index (χ1v) is 7.62. The molecule has 1 aliphatic heterocycles.